The quantitative estimate of drug-likeness (QED) is 0.511. The van der Waals surface area contributed by atoms with E-state index in [0.29, 0.717) is 0 Å². The average molecular weight is 519 g/mol. The van der Waals surface area contributed by atoms with Gasteiger partial charge in [0.25, 0.3) is 0 Å². The Bertz CT molecular complexity index is 1460. The molecular formula is C27H22N2O5S2. The average Bonchev–Trinajstić information content (AvgIpc) is 3.60. The predicted octanol–water partition coefficient (Wildman–Crippen LogP) is 3.66. The molecule has 4 aliphatic rings. The molecule has 2 aromatic carbocycles. The summed E-state index contributed by atoms with van der Waals surface area (Å²) < 4.78 is 0. The fourth-order valence-corrected chi connectivity index (χ4v) is 10.1. The van der Waals surface area contributed by atoms with Gasteiger partial charge in [-0.3, -0.25) is 24.1 Å². The Morgan fingerprint density at radius 3 is 2.31 bits per heavy atom. The van der Waals surface area contributed by atoms with Crippen LogP contribution >= 0.6 is 23.1 Å². The lowest BCUT2D eigenvalue weighted by atomic mass is 9.68. The molecule has 1 saturated heterocycles. The largest absolute Gasteiger partial charge is 0.480 e. The normalized spacial score (nSPS) is 31.9. The molecule has 3 fully saturated rings. The van der Waals surface area contributed by atoms with Crippen LogP contribution in [-0.4, -0.2) is 44.6 Å². The molecule has 2 amide bonds. The van der Waals surface area contributed by atoms with E-state index in [1.807, 2.05) is 18.2 Å². The summed E-state index contributed by atoms with van der Waals surface area (Å²) in [6, 6.07) is 18.6. The maximum absolute atomic E-state index is 13.3. The second-order valence-electron chi connectivity index (χ2n) is 10.1. The Kier molecular flexibility index (Phi) is 4.85. The third-order valence-corrected chi connectivity index (χ3v) is 11.1. The molecule has 7 nitrogen and oxygen atoms in total. The number of fused-ring (bicyclic) bond motifs is 9. The number of aliphatic carboxylic acids is 1. The van der Waals surface area contributed by atoms with Gasteiger partial charge < -0.3 is 10.1 Å². The summed E-state index contributed by atoms with van der Waals surface area (Å²) in [7, 11) is 0. The summed E-state index contributed by atoms with van der Waals surface area (Å²) >= 11 is 2.87. The van der Waals surface area contributed by atoms with Crippen LogP contribution in [0.2, 0.25) is 0 Å². The van der Waals surface area contributed by atoms with Gasteiger partial charge >= 0.3 is 10.8 Å². The highest BCUT2D eigenvalue weighted by molar-refractivity contribution is 8.00. The number of thiazole rings is 1. The zero-order valence-electron chi connectivity index (χ0n) is 19.0. The zero-order chi connectivity index (χ0) is 24.7. The van der Waals surface area contributed by atoms with Crippen molar-refractivity contribution in [1.29, 1.82) is 0 Å². The minimum atomic E-state index is -1.17. The summed E-state index contributed by atoms with van der Waals surface area (Å²) in [5, 5.41) is 10.2. The van der Waals surface area contributed by atoms with Crippen molar-refractivity contribution in [2.75, 3.05) is 6.54 Å². The number of carbonyl (C=O) groups is 3. The first-order chi connectivity index (χ1) is 17.4. The Hall–Kier alpha value is -3.17. The van der Waals surface area contributed by atoms with Gasteiger partial charge in [0, 0.05) is 16.0 Å². The topological polar surface area (TPSA) is 108 Å². The lowest BCUT2D eigenvalue weighted by Gasteiger charge is -2.43. The van der Waals surface area contributed by atoms with Gasteiger partial charge in [-0.25, -0.2) is 0 Å². The molecule has 2 N–H and O–H groups in total. The lowest BCUT2D eigenvalue weighted by molar-refractivity contribution is -0.149. The van der Waals surface area contributed by atoms with E-state index in [0.717, 1.165) is 37.9 Å². The Morgan fingerprint density at radius 2 is 1.61 bits per heavy atom. The number of nitrogens with zero attached hydrogens (tertiary/aromatic N) is 1. The van der Waals surface area contributed by atoms with Crippen LogP contribution in [0.25, 0.3) is 11.1 Å². The number of nitrogens with one attached hydrogen (secondary N) is 1. The lowest BCUT2D eigenvalue weighted by Crippen LogP contribution is -2.42. The first kappa shape index (κ1) is 22.1. The van der Waals surface area contributed by atoms with E-state index >= 15 is 0 Å². The number of benzene rings is 2. The van der Waals surface area contributed by atoms with Crippen molar-refractivity contribution in [3.8, 4) is 11.1 Å². The van der Waals surface area contributed by atoms with E-state index < -0.39 is 24.3 Å². The van der Waals surface area contributed by atoms with Crippen molar-refractivity contribution in [3.63, 3.8) is 0 Å². The molecule has 182 valence electrons. The number of aromatic amines is 1. The first-order valence-corrected chi connectivity index (χ1v) is 13.7. The minimum absolute atomic E-state index is 0.00658. The number of thioether (sulfide) groups is 1. The van der Waals surface area contributed by atoms with Crippen molar-refractivity contribution in [1.82, 2.24) is 9.88 Å². The predicted molar refractivity (Wildman–Crippen MR) is 135 cm³/mol. The van der Waals surface area contributed by atoms with Crippen LogP contribution in [0.1, 0.15) is 22.8 Å². The fraction of sp³-hybridized carbons (Fsp3) is 0.333. The van der Waals surface area contributed by atoms with Crippen LogP contribution in [0.3, 0.4) is 0 Å². The van der Waals surface area contributed by atoms with Crippen molar-refractivity contribution in [2.24, 2.45) is 29.6 Å². The maximum atomic E-state index is 13.3. The van der Waals surface area contributed by atoms with Gasteiger partial charge in [0.2, 0.25) is 11.8 Å². The third-order valence-electron chi connectivity index (χ3n) is 8.49. The molecule has 1 aromatic heterocycles. The molecule has 7 rings (SSSR count). The molecule has 3 heterocycles. The number of aromatic nitrogens is 1. The molecule has 2 saturated carbocycles. The molecule has 2 bridgehead atoms. The number of carboxylic acids is 1. The van der Waals surface area contributed by atoms with E-state index in [2.05, 4.69) is 41.4 Å². The molecule has 3 aromatic rings. The molecule has 0 spiro atoms. The van der Waals surface area contributed by atoms with E-state index in [1.54, 1.807) is 11.8 Å². The van der Waals surface area contributed by atoms with Gasteiger partial charge in [0.05, 0.1) is 16.9 Å². The summed E-state index contributed by atoms with van der Waals surface area (Å²) in [6.07, 6.45) is 0.786. The minimum Gasteiger partial charge on any atom is -0.480 e. The van der Waals surface area contributed by atoms with Gasteiger partial charge in [-0.2, -0.15) is 0 Å². The van der Waals surface area contributed by atoms with Gasteiger partial charge in [-0.05, 0) is 40.9 Å². The number of imide groups is 1. The third kappa shape index (κ3) is 3.05. The Balaban J connectivity index is 1.29. The van der Waals surface area contributed by atoms with Crippen LogP contribution in [0.4, 0.5) is 0 Å². The molecule has 2 aliphatic carbocycles. The Labute approximate surface area is 214 Å². The molecule has 36 heavy (non-hydrogen) atoms. The van der Waals surface area contributed by atoms with Crippen LogP contribution < -0.4 is 4.87 Å². The summed E-state index contributed by atoms with van der Waals surface area (Å²) in [4.78, 5) is 55.0. The highest BCUT2D eigenvalue weighted by Gasteiger charge is 2.69. The molecule has 7 atom stereocenters. The fourth-order valence-electron chi connectivity index (χ4n) is 7.26. The van der Waals surface area contributed by atoms with E-state index in [1.165, 1.54) is 11.3 Å². The Morgan fingerprint density at radius 1 is 0.944 bits per heavy atom. The van der Waals surface area contributed by atoms with Crippen LogP contribution in [0, 0.1) is 29.6 Å². The summed E-state index contributed by atoms with van der Waals surface area (Å²) in [5.41, 5.74) is 3.34. The number of carboxylic acid groups (broad SMARTS) is 1. The van der Waals surface area contributed by atoms with Crippen LogP contribution in [0.15, 0.2) is 64.4 Å². The van der Waals surface area contributed by atoms with Gasteiger partial charge in [0.15, 0.2) is 0 Å². The van der Waals surface area contributed by atoms with Crippen LogP contribution in [0.5, 0.6) is 0 Å². The van der Waals surface area contributed by atoms with Crippen molar-refractivity contribution >= 4 is 40.9 Å². The summed E-state index contributed by atoms with van der Waals surface area (Å²) in [5.74, 6) is -2.74. The maximum Gasteiger partial charge on any atom is 0.323 e. The van der Waals surface area contributed by atoms with E-state index in [9.17, 15) is 24.3 Å². The molecular weight excluding hydrogens is 496 g/mol. The standard InChI is InChI=1S/C27H22N2O5S2/c30-17(31)11-29-25(32)20-15-10-16(21(20)26(29)33)22-19(15)18(23-24(35-22)28-27(34)36-23)14-8-6-13(7-9-14)12-4-2-1-3-5-12/h1-9,15-16,18-22H,10-11H2,(H,28,34)(H,30,31)/t15?,16?,18-,19?,20?,21?,22?/m1/s1. The number of likely N-dealkylation sites (tertiary alicyclic amines) is 1. The van der Waals surface area contributed by atoms with Crippen molar-refractivity contribution in [2.45, 2.75) is 22.6 Å². The summed E-state index contributed by atoms with van der Waals surface area (Å²) in [6.45, 7) is -0.572. The van der Waals surface area contributed by atoms with Crippen molar-refractivity contribution in [3.05, 3.63) is 74.7 Å². The number of hydrogen-bond donors (Lipinski definition) is 2. The second-order valence-corrected chi connectivity index (χ2v) is 12.3. The number of amides is 2. The zero-order valence-corrected chi connectivity index (χ0v) is 20.6. The van der Waals surface area contributed by atoms with Gasteiger partial charge in [0.1, 0.15) is 6.54 Å². The number of hydrogen-bond acceptors (Lipinski definition) is 6. The monoisotopic (exact) mass is 518 g/mol. The molecule has 6 unspecified atom stereocenters. The SMILES string of the molecule is O=C(O)CN1C(=O)C2C3CC(C2C1=O)C1C3Sc2[nH]c(=O)sc2[C@@H]1c1ccc(-c2ccccc2)cc1. The van der Waals surface area contributed by atoms with Gasteiger partial charge in [-0.1, -0.05) is 65.9 Å². The van der Waals surface area contributed by atoms with Crippen molar-refractivity contribution < 1.29 is 19.5 Å². The highest BCUT2D eigenvalue weighted by atomic mass is 32.2. The highest BCUT2D eigenvalue weighted by Crippen LogP contribution is 2.68. The second kappa shape index (κ2) is 7.91. The molecule has 9 heteroatoms. The number of carbonyl (C=O) groups excluding carboxylic acids is 2. The van der Waals surface area contributed by atoms with Gasteiger partial charge in [-0.15, -0.1) is 11.8 Å². The first-order valence-electron chi connectivity index (χ1n) is 12.0. The molecule has 0 radical (unpaired) electrons. The van der Waals surface area contributed by atoms with Crippen LogP contribution in [-0.2, 0) is 14.4 Å². The van der Waals surface area contributed by atoms with E-state index in [-0.39, 0.29) is 45.6 Å². The number of H-pyrrole nitrogens is 1. The smallest absolute Gasteiger partial charge is 0.323 e. The molecule has 2 aliphatic heterocycles. The van der Waals surface area contributed by atoms with E-state index in [4.69, 9.17) is 0 Å². The number of rotatable bonds is 4.